The predicted molar refractivity (Wildman–Crippen MR) is 111 cm³/mol. The molecule has 1 atom stereocenters. The molecule has 0 saturated heterocycles. The van der Waals surface area contributed by atoms with Crippen molar-refractivity contribution in [1.29, 1.82) is 0 Å². The number of benzene rings is 1. The van der Waals surface area contributed by atoms with Gasteiger partial charge < -0.3 is 10.8 Å². The highest BCUT2D eigenvalue weighted by Gasteiger charge is 2.13. The maximum Gasteiger partial charge on any atom is 0.149 e. The standard InChI is InChI=1S/C22H23FN4O/c1-14(13-28)5-4-6-15(2)27-21-11-17(7-8-18(21)12-25-27)22-19(23)9-10-20(26-22)16(3)24/h4-12,16,28H,1,13,24H2,2-3H3/b5-4-,15-6+. The van der Waals surface area contributed by atoms with Crippen molar-refractivity contribution in [3.8, 4) is 11.3 Å². The van der Waals surface area contributed by atoms with Gasteiger partial charge in [0.2, 0.25) is 0 Å². The van der Waals surface area contributed by atoms with Gasteiger partial charge in [0.25, 0.3) is 0 Å². The molecule has 1 aromatic carbocycles. The van der Waals surface area contributed by atoms with Crippen molar-refractivity contribution in [3.05, 3.63) is 78.4 Å². The first-order valence-electron chi connectivity index (χ1n) is 8.95. The van der Waals surface area contributed by atoms with Crippen LogP contribution in [0, 0.1) is 5.82 Å². The summed E-state index contributed by atoms with van der Waals surface area (Å²) in [6.45, 7) is 7.36. The first-order chi connectivity index (χ1) is 13.4. The van der Waals surface area contributed by atoms with E-state index in [1.165, 1.54) is 6.07 Å². The Bertz CT molecular complexity index is 1080. The topological polar surface area (TPSA) is 77.0 Å². The Morgan fingerprint density at radius 2 is 2.14 bits per heavy atom. The second-order valence-corrected chi connectivity index (χ2v) is 6.67. The molecule has 3 N–H and O–H groups in total. The summed E-state index contributed by atoms with van der Waals surface area (Å²) in [7, 11) is 0. The van der Waals surface area contributed by atoms with Crippen LogP contribution < -0.4 is 5.73 Å². The SMILES string of the molecule is C=C(/C=C\C=C(/C)n1ncc2ccc(-c3nc(C(C)N)ccc3F)cc21)CO. The normalized spacial score (nSPS) is 13.4. The maximum atomic E-state index is 14.4. The number of aromatic nitrogens is 3. The summed E-state index contributed by atoms with van der Waals surface area (Å²) >= 11 is 0. The molecule has 3 aromatic rings. The number of allylic oxidation sites excluding steroid dienone is 3. The second-order valence-electron chi connectivity index (χ2n) is 6.67. The molecule has 0 radical (unpaired) electrons. The van der Waals surface area contributed by atoms with Crippen molar-refractivity contribution < 1.29 is 9.50 Å². The lowest BCUT2D eigenvalue weighted by Gasteiger charge is -2.09. The van der Waals surface area contributed by atoms with Gasteiger partial charge in [-0.25, -0.2) is 14.1 Å². The fraction of sp³-hybridized carbons (Fsp3) is 0.182. The Hall–Kier alpha value is -3.09. The molecule has 0 aliphatic carbocycles. The van der Waals surface area contributed by atoms with Crippen molar-refractivity contribution >= 4 is 16.6 Å². The van der Waals surface area contributed by atoms with E-state index in [1.54, 1.807) is 29.1 Å². The van der Waals surface area contributed by atoms with E-state index in [-0.39, 0.29) is 18.3 Å². The highest BCUT2D eigenvalue weighted by Crippen LogP contribution is 2.27. The van der Waals surface area contributed by atoms with E-state index in [9.17, 15) is 4.39 Å². The van der Waals surface area contributed by atoms with Gasteiger partial charge in [-0.05, 0) is 43.7 Å². The van der Waals surface area contributed by atoms with Gasteiger partial charge in [-0.2, -0.15) is 5.10 Å². The molecule has 0 bridgehead atoms. The minimum atomic E-state index is -0.396. The monoisotopic (exact) mass is 378 g/mol. The summed E-state index contributed by atoms with van der Waals surface area (Å²) in [4.78, 5) is 4.40. The summed E-state index contributed by atoms with van der Waals surface area (Å²) in [5.74, 6) is -0.396. The number of hydrogen-bond donors (Lipinski definition) is 2. The van der Waals surface area contributed by atoms with Gasteiger partial charge in [-0.1, -0.05) is 30.9 Å². The summed E-state index contributed by atoms with van der Waals surface area (Å²) in [5, 5.41) is 14.4. The zero-order chi connectivity index (χ0) is 20.3. The zero-order valence-electron chi connectivity index (χ0n) is 15.9. The number of aliphatic hydroxyl groups excluding tert-OH is 1. The first kappa shape index (κ1) is 19.7. The molecule has 0 saturated carbocycles. The Balaban J connectivity index is 2.04. The van der Waals surface area contributed by atoms with Crippen LogP contribution in [0.3, 0.4) is 0 Å². The number of rotatable bonds is 6. The Labute approximate surface area is 163 Å². The van der Waals surface area contributed by atoms with Crippen LogP contribution >= 0.6 is 0 Å². The fourth-order valence-corrected chi connectivity index (χ4v) is 2.81. The van der Waals surface area contributed by atoms with Crippen LogP contribution in [0.4, 0.5) is 4.39 Å². The van der Waals surface area contributed by atoms with Crippen LogP contribution in [0.25, 0.3) is 27.9 Å². The van der Waals surface area contributed by atoms with E-state index < -0.39 is 5.82 Å². The summed E-state index contributed by atoms with van der Waals surface area (Å²) in [5.41, 5.74) is 9.78. The number of pyridine rings is 1. The smallest absolute Gasteiger partial charge is 0.149 e. The predicted octanol–water partition coefficient (Wildman–Crippen LogP) is 4.22. The van der Waals surface area contributed by atoms with Gasteiger partial charge >= 0.3 is 0 Å². The third kappa shape index (κ3) is 4.08. The molecule has 28 heavy (non-hydrogen) atoms. The molecule has 2 heterocycles. The molecular formula is C22H23FN4O. The quantitative estimate of drug-likeness (QED) is 0.630. The lowest BCUT2D eigenvalue weighted by molar-refractivity contribution is 0.335. The molecule has 5 nitrogen and oxygen atoms in total. The molecule has 0 spiro atoms. The molecule has 0 fully saturated rings. The second kappa shape index (κ2) is 8.29. The highest BCUT2D eigenvalue weighted by molar-refractivity contribution is 5.86. The molecule has 144 valence electrons. The van der Waals surface area contributed by atoms with Gasteiger partial charge in [0.1, 0.15) is 11.5 Å². The number of halogens is 1. The van der Waals surface area contributed by atoms with Gasteiger partial charge in [0, 0.05) is 22.7 Å². The Morgan fingerprint density at radius 3 is 2.86 bits per heavy atom. The lowest BCUT2D eigenvalue weighted by atomic mass is 10.1. The lowest BCUT2D eigenvalue weighted by Crippen LogP contribution is -2.08. The zero-order valence-corrected chi connectivity index (χ0v) is 15.9. The molecule has 0 aliphatic rings. The fourth-order valence-electron chi connectivity index (χ4n) is 2.81. The van der Waals surface area contributed by atoms with E-state index in [1.807, 2.05) is 38.1 Å². The number of hydrogen-bond acceptors (Lipinski definition) is 4. The van der Waals surface area contributed by atoms with Gasteiger partial charge in [-0.15, -0.1) is 0 Å². The Kier molecular flexibility index (Phi) is 5.82. The summed E-state index contributed by atoms with van der Waals surface area (Å²) in [6.07, 6.45) is 7.17. The van der Waals surface area contributed by atoms with E-state index in [0.717, 1.165) is 16.6 Å². The van der Waals surface area contributed by atoms with E-state index >= 15 is 0 Å². The number of aliphatic hydroxyl groups is 1. The summed E-state index contributed by atoms with van der Waals surface area (Å²) in [6, 6.07) is 8.31. The van der Waals surface area contributed by atoms with E-state index in [4.69, 9.17) is 10.8 Å². The number of fused-ring (bicyclic) bond motifs is 1. The molecule has 2 aromatic heterocycles. The van der Waals surface area contributed by atoms with E-state index in [0.29, 0.717) is 16.8 Å². The van der Waals surface area contributed by atoms with Crippen LogP contribution in [0.15, 0.2) is 66.9 Å². The maximum absolute atomic E-state index is 14.4. The van der Waals surface area contributed by atoms with Crippen molar-refractivity contribution in [3.63, 3.8) is 0 Å². The van der Waals surface area contributed by atoms with Crippen molar-refractivity contribution in [2.24, 2.45) is 5.73 Å². The van der Waals surface area contributed by atoms with E-state index in [2.05, 4.69) is 16.7 Å². The molecule has 3 rings (SSSR count). The average molecular weight is 378 g/mol. The van der Waals surface area contributed by atoms with Gasteiger partial charge in [0.15, 0.2) is 0 Å². The van der Waals surface area contributed by atoms with Crippen LogP contribution in [0.1, 0.15) is 25.6 Å². The Morgan fingerprint density at radius 1 is 1.36 bits per heavy atom. The van der Waals surface area contributed by atoms with Crippen LogP contribution in [0.5, 0.6) is 0 Å². The van der Waals surface area contributed by atoms with Crippen molar-refractivity contribution in [2.75, 3.05) is 6.61 Å². The van der Waals surface area contributed by atoms with Crippen LogP contribution in [-0.4, -0.2) is 26.5 Å². The van der Waals surface area contributed by atoms with Crippen molar-refractivity contribution in [1.82, 2.24) is 14.8 Å². The molecule has 0 aliphatic heterocycles. The molecule has 0 amide bonds. The van der Waals surface area contributed by atoms with Crippen LogP contribution in [-0.2, 0) is 0 Å². The van der Waals surface area contributed by atoms with Crippen molar-refractivity contribution in [2.45, 2.75) is 19.9 Å². The largest absolute Gasteiger partial charge is 0.392 e. The number of nitrogens with two attached hydrogens (primary N) is 1. The minimum Gasteiger partial charge on any atom is -0.392 e. The first-order valence-corrected chi connectivity index (χ1v) is 8.95. The highest BCUT2D eigenvalue weighted by atomic mass is 19.1. The van der Waals surface area contributed by atoms with Gasteiger partial charge in [-0.3, -0.25) is 0 Å². The average Bonchev–Trinajstić information content (AvgIpc) is 3.11. The summed E-state index contributed by atoms with van der Waals surface area (Å²) < 4.78 is 16.2. The molecule has 6 heteroatoms. The van der Waals surface area contributed by atoms with Crippen LogP contribution in [0.2, 0.25) is 0 Å². The molecule has 1 unspecified atom stereocenters. The third-order valence-corrected chi connectivity index (χ3v) is 4.38. The number of nitrogens with zero attached hydrogens (tertiary/aromatic N) is 3. The third-order valence-electron chi connectivity index (χ3n) is 4.38. The minimum absolute atomic E-state index is 0.0868. The van der Waals surface area contributed by atoms with Gasteiger partial charge in [0.05, 0.1) is 24.0 Å². The molecular weight excluding hydrogens is 355 g/mol.